The van der Waals surface area contributed by atoms with Gasteiger partial charge in [-0.15, -0.1) is 6.58 Å². The predicted octanol–water partition coefficient (Wildman–Crippen LogP) is 7.04. The zero-order valence-electron chi connectivity index (χ0n) is 22.4. The van der Waals surface area contributed by atoms with E-state index in [1.165, 1.54) is 23.5 Å². The zero-order valence-corrected chi connectivity index (χ0v) is 22.4. The summed E-state index contributed by atoms with van der Waals surface area (Å²) >= 11 is 0. The molecule has 0 aromatic heterocycles. The molecule has 0 spiro atoms. The van der Waals surface area contributed by atoms with Crippen molar-refractivity contribution in [1.82, 2.24) is 4.90 Å². The van der Waals surface area contributed by atoms with E-state index >= 15 is 0 Å². The van der Waals surface area contributed by atoms with Crippen LogP contribution in [0.4, 0.5) is 18.9 Å². The summed E-state index contributed by atoms with van der Waals surface area (Å²) in [6, 6.07) is 11.3. The molecule has 0 bridgehead atoms. The lowest BCUT2D eigenvalue weighted by atomic mass is 10.1. The van der Waals surface area contributed by atoms with E-state index in [0.717, 1.165) is 50.7 Å². The van der Waals surface area contributed by atoms with Gasteiger partial charge in [0.2, 0.25) is 5.91 Å². The number of allylic oxidation sites excluding steroid dienone is 1. The summed E-state index contributed by atoms with van der Waals surface area (Å²) in [5.41, 5.74) is 0.917. The van der Waals surface area contributed by atoms with Crippen molar-refractivity contribution >= 4 is 23.5 Å². The van der Waals surface area contributed by atoms with Gasteiger partial charge >= 0.3 is 18.1 Å². The van der Waals surface area contributed by atoms with Crippen LogP contribution in [0.1, 0.15) is 75.0 Å². The summed E-state index contributed by atoms with van der Waals surface area (Å²) in [7, 11) is 0. The fraction of sp³-hybridized carbons (Fsp3) is 0.433. The molecule has 0 heterocycles. The highest BCUT2D eigenvalue weighted by Crippen LogP contribution is 2.29. The number of hydrogen-bond donors (Lipinski definition) is 1. The lowest BCUT2D eigenvalue weighted by molar-refractivity contribution is -0.160. The van der Waals surface area contributed by atoms with Gasteiger partial charge in [-0.3, -0.25) is 9.59 Å². The molecular formula is C30H37F3N2O4. The highest BCUT2D eigenvalue weighted by Gasteiger charge is 2.30. The van der Waals surface area contributed by atoms with Crippen LogP contribution in [0.2, 0.25) is 0 Å². The summed E-state index contributed by atoms with van der Waals surface area (Å²) in [6.07, 6.45) is 5.35. The van der Waals surface area contributed by atoms with Gasteiger partial charge in [-0.25, -0.2) is 4.79 Å². The number of nitrogens with one attached hydrogen (secondary N) is 1. The summed E-state index contributed by atoms with van der Waals surface area (Å²) in [5.74, 6) is -2.00. The Labute approximate surface area is 228 Å². The van der Waals surface area contributed by atoms with Crippen LogP contribution in [0.3, 0.4) is 0 Å². The third kappa shape index (κ3) is 11.8. The van der Waals surface area contributed by atoms with Gasteiger partial charge in [0.05, 0.1) is 12.2 Å². The number of esters is 1. The van der Waals surface area contributed by atoms with Crippen LogP contribution in [0.5, 0.6) is 0 Å². The Kier molecular flexibility index (Phi) is 13.3. The summed E-state index contributed by atoms with van der Waals surface area (Å²) in [6.45, 7) is 5.25. The molecule has 39 heavy (non-hydrogen) atoms. The van der Waals surface area contributed by atoms with Gasteiger partial charge in [0, 0.05) is 25.2 Å². The van der Waals surface area contributed by atoms with Gasteiger partial charge in [-0.2, -0.15) is 13.2 Å². The normalized spacial score (nSPS) is 11.1. The van der Waals surface area contributed by atoms with Crippen LogP contribution in [0.15, 0.2) is 61.2 Å². The number of ether oxygens (including phenoxy) is 1. The molecule has 0 unspecified atom stereocenters. The molecule has 2 amide bonds. The molecule has 0 saturated heterocycles. The molecule has 0 radical (unpaired) electrons. The van der Waals surface area contributed by atoms with Crippen molar-refractivity contribution in [2.24, 2.45) is 0 Å². The molecule has 9 heteroatoms. The number of hydrogen-bond acceptors (Lipinski definition) is 4. The molecule has 2 aromatic rings. The summed E-state index contributed by atoms with van der Waals surface area (Å²) in [4.78, 5) is 38.3. The standard InChI is InChI=1S/C30H37F3N2O4/c1-3-5-6-7-8-9-10-11-12-27(36)34-26-19-15-24(16-20-26)22-35(28(37)29(38)39-4-2)21-23-13-17-25(18-14-23)30(31,32)33/h3,13-20H,1,4-12,21-22H2,2H3,(H,34,36). The van der Waals surface area contributed by atoms with Gasteiger partial charge in [-0.1, -0.05) is 56.0 Å². The number of nitrogens with zero attached hydrogens (tertiary/aromatic N) is 1. The van der Waals surface area contributed by atoms with E-state index < -0.39 is 23.6 Å². The lowest BCUT2D eigenvalue weighted by Crippen LogP contribution is -2.36. The zero-order chi connectivity index (χ0) is 28.7. The van der Waals surface area contributed by atoms with Gasteiger partial charge in [-0.05, 0) is 61.6 Å². The third-order valence-electron chi connectivity index (χ3n) is 6.07. The molecule has 0 fully saturated rings. The topological polar surface area (TPSA) is 75.7 Å². The van der Waals surface area contributed by atoms with E-state index in [1.54, 1.807) is 31.2 Å². The van der Waals surface area contributed by atoms with Crippen LogP contribution in [-0.4, -0.2) is 29.3 Å². The maximum Gasteiger partial charge on any atom is 0.416 e. The minimum atomic E-state index is -4.47. The number of benzene rings is 2. The number of carbonyl (C=O) groups is 3. The average Bonchev–Trinajstić information content (AvgIpc) is 2.90. The minimum Gasteiger partial charge on any atom is -0.459 e. The monoisotopic (exact) mass is 546 g/mol. The Morgan fingerprint density at radius 2 is 1.41 bits per heavy atom. The Balaban J connectivity index is 1.94. The molecule has 0 aliphatic rings. The van der Waals surface area contributed by atoms with Crippen molar-refractivity contribution in [3.8, 4) is 0 Å². The molecule has 1 N–H and O–H groups in total. The molecule has 2 rings (SSSR count). The Bertz CT molecular complexity index is 1070. The van der Waals surface area contributed by atoms with Crippen molar-refractivity contribution in [3.63, 3.8) is 0 Å². The van der Waals surface area contributed by atoms with Gasteiger partial charge in [0.25, 0.3) is 0 Å². The van der Waals surface area contributed by atoms with E-state index in [-0.39, 0.29) is 25.6 Å². The van der Waals surface area contributed by atoms with Crippen LogP contribution < -0.4 is 5.32 Å². The van der Waals surface area contributed by atoms with E-state index in [2.05, 4.69) is 11.9 Å². The predicted molar refractivity (Wildman–Crippen MR) is 145 cm³/mol. The number of anilines is 1. The molecule has 0 aliphatic carbocycles. The summed E-state index contributed by atoms with van der Waals surface area (Å²) < 4.78 is 43.5. The maximum atomic E-state index is 12.9. The first kappa shape index (κ1) is 31.6. The Hall–Kier alpha value is -3.62. The van der Waals surface area contributed by atoms with Crippen molar-refractivity contribution in [1.29, 1.82) is 0 Å². The SMILES string of the molecule is C=CCCCCCCCCC(=O)Nc1ccc(CN(Cc2ccc(C(F)(F)F)cc2)C(=O)C(=O)OCC)cc1. The van der Waals surface area contributed by atoms with E-state index in [9.17, 15) is 27.6 Å². The second-order valence-electron chi connectivity index (χ2n) is 9.27. The molecule has 212 valence electrons. The largest absolute Gasteiger partial charge is 0.459 e. The van der Waals surface area contributed by atoms with Gasteiger partial charge in [0.1, 0.15) is 0 Å². The van der Waals surface area contributed by atoms with E-state index in [1.807, 2.05) is 6.08 Å². The van der Waals surface area contributed by atoms with Crippen molar-refractivity contribution < 1.29 is 32.3 Å². The first-order valence-electron chi connectivity index (χ1n) is 13.3. The first-order valence-corrected chi connectivity index (χ1v) is 13.3. The fourth-order valence-corrected chi connectivity index (χ4v) is 3.96. The highest BCUT2D eigenvalue weighted by molar-refractivity contribution is 6.32. The number of rotatable bonds is 15. The second-order valence-corrected chi connectivity index (χ2v) is 9.27. The Morgan fingerprint density at radius 3 is 1.95 bits per heavy atom. The number of carbonyl (C=O) groups excluding carboxylic acids is 3. The molecule has 6 nitrogen and oxygen atoms in total. The van der Waals surface area contributed by atoms with E-state index in [0.29, 0.717) is 23.2 Å². The lowest BCUT2D eigenvalue weighted by Gasteiger charge is -2.22. The quantitative estimate of drug-likeness (QED) is 0.113. The molecular weight excluding hydrogens is 509 g/mol. The van der Waals surface area contributed by atoms with Gasteiger partial charge in [0.15, 0.2) is 0 Å². The average molecular weight is 547 g/mol. The highest BCUT2D eigenvalue weighted by atomic mass is 19.4. The van der Waals surface area contributed by atoms with Crippen molar-refractivity contribution in [2.45, 2.75) is 77.6 Å². The van der Waals surface area contributed by atoms with E-state index in [4.69, 9.17) is 4.74 Å². The molecule has 2 aromatic carbocycles. The maximum absolute atomic E-state index is 12.9. The molecule has 0 aliphatic heterocycles. The fourth-order valence-electron chi connectivity index (χ4n) is 3.96. The number of alkyl halides is 3. The number of unbranched alkanes of at least 4 members (excludes halogenated alkanes) is 6. The smallest absolute Gasteiger partial charge is 0.416 e. The summed E-state index contributed by atoms with van der Waals surface area (Å²) in [5, 5.41) is 2.86. The number of halogens is 3. The Morgan fingerprint density at radius 1 is 0.872 bits per heavy atom. The molecule has 0 saturated carbocycles. The van der Waals surface area contributed by atoms with Crippen molar-refractivity contribution in [2.75, 3.05) is 11.9 Å². The van der Waals surface area contributed by atoms with Crippen molar-refractivity contribution in [3.05, 3.63) is 77.9 Å². The first-order chi connectivity index (χ1) is 18.6. The van der Waals surface area contributed by atoms with Crippen LogP contribution >= 0.6 is 0 Å². The molecule has 0 atom stereocenters. The third-order valence-corrected chi connectivity index (χ3v) is 6.07. The van der Waals surface area contributed by atoms with Crippen LogP contribution in [0, 0.1) is 0 Å². The van der Waals surface area contributed by atoms with Crippen LogP contribution in [-0.2, 0) is 38.4 Å². The minimum absolute atomic E-state index is 0.0167. The second kappa shape index (κ2) is 16.4. The van der Waals surface area contributed by atoms with Gasteiger partial charge < -0.3 is 15.0 Å². The van der Waals surface area contributed by atoms with Crippen LogP contribution in [0.25, 0.3) is 0 Å². The number of amides is 2.